The topological polar surface area (TPSA) is 90.7 Å². The van der Waals surface area contributed by atoms with Gasteiger partial charge < -0.3 is 13.9 Å². The molecule has 0 bridgehead atoms. The van der Waals surface area contributed by atoms with Gasteiger partial charge >= 0.3 is 0 Å². The van der Waals surface area contributed by atoms with Crippen LogP contribution in [0, 0.1) is 0 Å². The van der Waals surface area contributed by atoms with E-state index >= 15 is 0 Å². The fourth-order valence-corrected chi connectivity index (χ4v) is 5.21. The largest absolute Gasteiger partial charge is 0.497 e. The molecule has 28 heavy (non-hydrogen) atoms. The lowest BCUT2D eigenvalue weighted by Crippen LogP contribution is -2.11. The highest BCUT2D eigenvalue weighted by molar-refractivity contribution is 7.94. The first kappa shape index (κ1) is 18.8. The Bertz CT molecular complexity index is 1060. The molecule has 9 heteroatoms. The molecule has 148 valence electrons. The van der Waals surface area contributed by atoms with Gasteiger partial charge in [0.15, 0.2) is 11.7 Å². The Labute approximate surface area is 167 Å². The molecular weight excluding hydrogens is 400 g/mol. The standard InChI is InChI=1S/C19H20N2O5S2/c1-24-14-8-13(9-15(10-14)25-2)21-28(22,23)18-7-6-17(27-18)16-11-20-19(26-16)12-4-3-5-12/h6-12,21H,3-5H2,1-2H3. The third kappa shape index (κ3) is 3.72. The minimum absolute atomic E-state index is 0.186. The zero-order valence-corrected chi connectivity index (χ0v) is 17.1. The predicted octanol–water partition coefficient (Wildman–Crippen LogP) is 4.49. The van der Waals surface area contributed by atoms with Crippen LogP contribution in [0.3, 0.4) is 0 Å². The third-order valence-corrected chi connectivity index (χ3v) is 7.64. The second-order valence-corrected chi connectivity index (χ2v) is 9.51. The zero-order valence-electron chi connectivity index (χ0n) is 15.5. The number of nitrogens with one attached hydrogen (secondary N) is 1. The molecule has 0 saturated heterocycles. The van der Waals surface area contributed by atoms with Gasteiger partial charge in [-0.15, -0.1) is 11.3 Å². The van der Waals surface area contributed by atoms with E-state index in [-0.39, 0.29) is 4.21 Å². The van der Waals surface area contributed by atoms with Crippen molar-refractivity contribution in [3.05, 3.63) is 42.4 Å². The van der Waals surface area contributed by atoms with Crippen LogP contribution >= 0.6 is 11.3 Å². The van der Waals surface area contributed by atoms with E-state index in [1.165, 1.54) is 20.6 Å². The van der Waals surface area contributed by atoms with E-state index in [4.69, 9.17) is 13.9 Å². The lowest BCUT2D eigenvalue weighted by molar-refractivity contribution is 0.338. The summed E-state index contributed by atoms with van der Waals surface area (Å²) < 4.78 is 44.5. The highest BCUT2D eigenvalue weighted by Gasteiger charge is 2.25. The maximum Gasteiger partial charge on any atom is 0.271 e. The second-order valence-electron chi connectivity index (χ2n) is 6.52. The summed E-state index contributed by atoms with van der Waals surface area (Å²) in [6, 6.07) is 8.15. The van der Waals surface area contributed by atoms with Crippen LogP contribution in [0.1, 0.15) is 31.1 Å². The molecule has 3 aromatic rings. The normalized spacial score (nSPS) is 14.5. The summed E-state index contributed by atoms with van der Waals surface area (Å²) in [6.45, 7) is 0. The minimum Gasteiger partial charge on any atom is -0.497 e. The number of ether oxygens (including phenoxy) is 2. The van der Waals surface area contributed by atoms with E-state index in [0.717, 1.165) is 34.9 Å². The number of thiophene rings is 1. The van der Waals surface area contributed by atoms with Gasteiger partial charge in [-0.1, -0.05) is 6.42 Å². The molecule has 0 aliphatic heterocycles. The second kappa shape index (κ2) is 7.48. The number of rotatable bonds is 7. The van der Waals surface area contributed by atoms with Gasteiger partial charge in [0.1, 0.15) is 15.7 Å². The molecule has 2 aromatic heterocycles. The number of methoxy groups -OCH3 is 2. The lowest BCUT2D eigenvalue weighted by atomic mass is 9.85. The van der Waals surface area contributed by atoms with Gasteiger partial charge in [0.05, 0.1) is 31.0 Å². The Morgan fingerprint density at radius 3 is 2.46 bits per heavy atom. The number of aromatic nitrogens is 1. The molecule has 4 rings (SSSR count). The molecule has 0 spiro atoms. The van der Waals surface area contributed by atoms with Crippen LogP contribution in [-0.4, -0.2) is 27.6 Å². The van der Waals surface area contributed by atoms with Crippen LogP contribution in [0.15, 0.2) is 45.2 Å². The van der Waals surface area contributed by atoms with Crippen LogP contribution in [0.4, 0.5) is 5.69 Å². The van der Waals surface area contributed by atoms with Crippen molar-refractivity contribution in [3.8, 4) is 22.1 Å². The molecule has 1 aromatic carbocycles. The van der Waals surface area contributed by atoms with Crippen LogP contribution in [0.5, 0.6) is 11.5 Å². The highest BCUT2D eigenvalue weighted by atomic mass is 32.2. The predicted molar refractivity (Wildman–Crippen MR) is 107 cm³/mol. The number of nitrogens with zero attached hydrogens (tertiary/aromatic N) is 1. The Morgan fingerprint density at radius 1 is 1.14 bits per heavy atom. The highest BCUT2D eigenvalue weighted by Crippen LogP contribution is 2.39. The Balaban J connectivity index is 1.56. The summed E-state index contributed by atoms with van der Waals surface area (Å²) >= 11 is 1.14. The van der Waals surface area contributed by atoms with E-state index < -0.39 is 10.0 Å². The summed E-state index contributed by atoms with van der Waals surface area (Å²) in [5.74, 6) is 2.71. The van der Waals surface area contributed by atoms with E-state index in [1.807, 2.05) is 0 Å². The number of anilines is 1. The van der Waals surface area contributed by atoms with E-state index in [0.29, 0.717) is 28.9 Å². The number of hydrogen-bond acceptors (Lipinski definition) is 7. The van der Waals surface area contributed by atoms with Crippen LogP contribution in [0.2, 0.25) is 0 Å². The Hall–Kier alpha value is -2.52. The first-order valence-corrected chi connectivity index (χ1v) is 11.1. The first-order chi connectivity index (χ1) is 13.5. The molecule has 0 atom stereocenters. The molecule has 1 aliphatic rings. The number of hydrogen-bond donors (Lipinski definition) is 1. The molecule has 0 radical (unpaired) electrons. The minimum atomic E-state index is -3.76. The zero-order chi connectivity index (χ0) is 19.7. The van der Waals surface area contributed by atoms with E-state index in [9.17, 15) is 8.42 Å². The van der Waals surface area contributed by atoms with Crippen LogP contribution in [0.25, 0.3) is 10.6 Å². The van der Waals surface area contributed by atoms with Gasteiger partial charge in [0.25, 0.3) is 10.0 Å². The van der Waals surface area contributed by atoms with Crippen LogP contribution < -0.4 is 14.2 Å². The van der Waals surface area contributed by atoms with Crippen molar-refractivity contribution >= 4 is 27.0 Å². The van der Waals surface area contributed by atoms with Crippen molar-refractivity contribution in [2.24, 2.45) is 0 Å². The quantitative estimate of drug-likeness (QED) is 0.606. The van der Waals surface area contributed by atoms with Crippen molar-refractivity contribution in [3.63, 3.8) is 0 Å². The maximum atomic E-state index is 12.8. The van der Waals surface area contributed by atoms with Crippen molar-refractivity contribution in [2.75, 3.05) is 18.9 Å². The van der Waals surface area contributed by atoms with Gasteiger partial charge in [0.2, 0.25) is 0 Å². The summed E-state index contributed by atoms with van der Waals surface area (Å²) in [4.78, 5) is 5.06. The Morgan fingerprint density at radius 2 is 1.86 bits per heavy atom. The summed E-state index contributed by atoms with van der Waals surface area (Å²) in [7, 11) is -0.743. The van der Waals surface area contributed by atoms with E-state index in [2.05, 4.69) is 9.71 Å². The average Bonchev–Trinajstić information content (AvgIpc) is 3.29. The summed E-state index contributed by atoms with van der Waals surface area (Å²) in [5.41, 5.74) is 0.359. The SMILES string of the molecule is COc1cc(NS(=O)(=O)c2ccc(-c3cnc(C4CCC4)o3)s2)cc(OC)c1. The maximum absolute atomic E-state index is 12.8. The van der Waals surface area contributed by atoms with E-state index in [1.54, 1.807) is 36.5 Å². The summed E-state index contributed by atoms with van der Waals surface area (Å²) in [6.07, 6.45) is 5.05. The average molecular weight is 421 g/mol. The number of oxazole rings is 1. The molecule has 1 N–H and O–H groups in total. The summed E-state index contributed by atoms with van der Waals surface area (Å²) in [5, 5.41) is 0. The smallest absolute Gasteiger partial charge is 0.271 e. The van der Waals surface area contributed by atoms with Gasteiger partial charge in [-0.3, -0.25) is 4.72 Å². The molecule has 0 unspecified atom stereocenters. The van der Waals surface area contributed by atoms with Gasteiger partial charge in [-0.2, -0.15) is 0 Å². The van der Waals surface area contributed by atoms with Crippen LogP contribution in [-0.2, 0) is 10.0 Å². The monoisotopic (exact) mass is 420 g/mol. The molecule has 1 fully saturated rings. The van der Waals surface area contributed by atoms with Crippen molar-refractivity contribution in [1.29, 1.82) is 0 Å². The fraction of sp³-hybridized carbons (Fsp3) is 0.316. The van der Waals surface area contributed by atoms with Crippen molar-refractivity contribution in [1.82, 2.24) is 4.98 Å². The molecule has 1 saturated carbocycles. The third-order valence-electron chi connectivity index (χ3n) is 4.67. The fourth-order valence-electron chi connectivity index (χ4n) is 2.91. The van der Waals surface area contributed by atoms with Crippen molar-refractivity contribution in [2.45, 2.75) is 29.4 Å². The molecule has 2 heterocycles. The number of sulfonamides is 1. The lowest BCUT2D eigenvalue weighted by Gasteiger charge is -2.21. The first-order valence-electron chi connectivity index (χ1n) is 8.80. The van der Waals surface area contributed by atoms with Gasteiger partial charge in [0, 0.05) is 24.1 Å². The number of benzene rings is 1. The molecule has 7 nitrogen and oxygen atoms in total. The molecule has 1 aliphatic carbocycles. The molecular formula is C19H20N2O5S2. The van der Waals surface area contributed by atoms with Gasteiger partial charge in [-0.05, 0) is 25.0 Å². The molecule has 0 amide bonds. The Kier molecular flexibility index (Phi) is 5.03. The van der Waals surface area contributed by atoms with Gasteiger partial charge in [-0.25, -0.2) is 13.4 Å². The van der Waals surface area contributed by atoms with Crippen molar-refractivity contribution < 1.29 is 22.3 Å².